The first-order valence-electron chi connectivity index (χ1n) is 9.10. The zero-order chi connectivity index (χ0) is 22.1. The molecule has 1 unspecified atom stereocenters. The van der Waals surface area contributed by atoms with Crippen molar-refractivity contribution in [1.82, 2.24) is 8.87 Å². The first-order valence-corrected chi connectivity index (χ1v) is 11.8. The number of nitrogens with zero attached hydrogens (tertiary/aromatic N) is 4. The second kappa shape index (κ2) is 8.62. The molecule has 30 heavy (non-hydrogen) atoms. The van der Waals surface area contributed by atoms with Crippen molar-refractivity contribution in [1.29, 1.82) is 0 Å². The summed E-state index contributed by atoms with van der Waals surface area (Å²) in [7, 11) is -3.57. The Bertz CT molecular complexity index is 1180. The smallest absolute Gasteiger partial charge is 0.326 e. The average molecular weight is 457 g/mol. The topological polar surface area (TPSA) is 141 Å². The average Bonchev–Trinajstić information content (AvgIpc) is 3.27. The van der Waals surface area contributed by atoms with Crippen LogP contribution < -0.4 is 4.80 Å². The minimum atomic E-state index is -3.57. The van der Waals surface area contributed by atoms with Gasteiger partial charge < -0.3 is 9.30 Å². The molecule has 0 spiro atoms. The van der Waals surface area contributed by atoms with Crippen molar-refractivity contribution in [3.05, 3.63) is 33.1 Å². The molecule has 0 radical (unpaired) electrons. The highest BCUT2D eigenvalue weighted by Gasteiger charge is 2.36. The van der Waals surface area contributed by atoms with Crippen LogP contribution in [0.3, 0.4) is 0 Å². The number of aromatic nitrogens is 1. The number of benzene rings is 1. The summed E-state index contributed by atoms with van der Waals surface area (Å²) in [5.74, 6) is -1.19. The number of fused-ring (bicyclic) bond motifs is 1. The number of amides is 1. The maximum atomic E-state index is 12.8. The van der Waals surface area contributed by atoms with Crippen molar-refractivity contribution in [2.45, 2.75) is 32.4 Å². The van der Waals surface area contributed by atoms with Gasteiger partial charge in [0.25, 0.3) is 11.6 Å². The minimum Gasteiger partial charge on any atom is -0.465 e. The number of hydrogen-bond donors (Lipinski definition) is 0. The summed E-state index contributed by atoms with van der Waals surface area (Å²) in [6, 6.07) is 3.20. The Hall–Kier alpha value is -2.64. The van der Waals surface area contributed by atoms with Crippen molar-refractivity contribution in [2.75, 3.05) is 19.4 Å². The Morgan fingerprint density at radius 1 is 1.40 bits per heavy atom. The van der Waals surface area contributed by atoms with Gasteiger partial charge in [-0.05, 0) is 25.8 Å². The van der Waals surface area contributed by atoms with Crippen molar-refractivity contribution in [3.8, 4) is 0 Å². The molecule has 0 saturated carbocycles. The molecular weight excluding hydrogens is 436 g/mol. The standard InChI is InChI=1S/C17H20N4O7S2/c1-3-28-15(22)10-19-12-7-6-11(21(24)25)9-14(12)29-17(19)18-16(23)13-5-4-8-20(13)30(2,26)27/h6-7,9,13H,3-5,8,10H2,1-2H3. The maximum Gasteiger partial charge on any atom is 0.326 e. The Balaban J connectivity index is 2.09. The lowest BCUT2D eigenvalue weighted by Crippen LogP contribution is -2.40. The van der Waals surface area contributed by atoms with Gasteiger partial charge in [-0.2, -0.15) is 9.30 Å². The van der Waals surface area contributed by atoms with E-state index in [9.17, 15) is 28.1 Å². The molecule has 2 aromatic rings. The molecule has 1 aromatic carbocycles. The highest BCUT2D eigenvalue weighted by molar-refractivity contribution is 7.88. The zero-order valence-corrected chi connectivity index (χ0v) is 17.9. The first-order chi connectivity index (χ1) is 14.1. The van der Waals surface area contributed by atoms with Crippen molar-refractivity contribution in [2.24, 2.45) is 4.99 Å². The van der Waals surface area contributed by atoms with Crippen molar-refractivity contribution < 1.29 is 27.7 Å². The molecule has 3 rings (SSSR count). The van der Waals surface area contributed by atoms with Crippen LogP contribution >= 0.6 is 11.3 Å². The van der Waals surface area contributed by atoms with Gasteiger partial charge in [0.2, 0.25) is 10.0 Å². The Kier molecular flexibility index (Phi) is 6.33. The van der Waals surface area contributed by atoms with Crippen LogP contribution in [-0.2, 0) is 30.9 Å². The summed E-state index contributed by atoms with van der Waals surface area (Å²) in [5.41, 5.74) is 0.348. The van der Waals surface area contributed by atoms with E-state index in [0.717, 1.165) is 21.9 Å². The quantitative estimate of drug-likeness (QED) is 0.359. The third-order valence-corrected chi connectivity index (χ3v) is 6.92. The van der Waals surface area contributed by atoms with E-state index in [1.54, 1.807) is 6.92 Å². The lowest BCUT2D eigenvalue weighted by atomic mass is 10.2. The van der Waals surface area contributed by atoms with Crippen LogP contribution in [0, 0.1) is 10.1 Å². The lowest BCUT2D eigenvalue weighted by molar-refractivity contribution is -0.384. The summed E-state index contributed by atoms with van der Waals surface area (Å²) in [6.07, 6.45) is 1.93. The molecule has 162 valence electrons. The molecule has 0 aliphatic carbocycles. The molecule has 0 N–H and O–H groups in total. The number of nitro benzene ring substituents is 1. The number of sulfonamides is 1. The molecular formula is C17H20N4O7S2. The fourth-order valence-electron chi connectivity index (χ4n) is 3.30. The molecule has 0 bridgehead atoms. The number of hydrogen-bond acceptors (Lipinski definition) is 8. The molecule has 2 heterocycles. The normalized spacial score (nSPS) is 18.1. The molecule has 11 nitrogen and oxygen atoms in total. The molecule has 1 amide bonds. The number of ether oxygens (including phenoxy) is 1. The predicted octanol–water partition coefficient (Wildman–Crippen LogP) is 1.03. The van der Waals surface area contributed by atoms with Gasteiger partial charge in [0.1, 0.15) is 12.6 Å². The fourth-order valence-corrected chi connectivity index (χ4v) is 5.49. The van der Waals surface area contributed by atoms with Gasteiger partial charge in [-0.15, -0.1) is 0 Å². The predicted molar refractivity (Wildman–Crippen MR) is 108 cm³/mol. The Labute approximate surface area is 175 Å². The van der Waals surface area contributed by atoms with Gasteiger partial charge in [-0.25, -0.2) is 8.42 Å². The van der Waals surface area contributed by atoms with Crippen LogP contribution in [0.2, 0.25) is 0 Å². The van der Waals surface area contributed by atoms with Gasteiger partial charge in [-0.3, -0.25) is 19.7 Å². The number of nitro groups is 1. The summed E-state index contributed by atoms with van der Waals surface area (Å²) in [6.45, 7) is 1.83. The van der Waals surface area contributed by atoms with E-state index < -0.39 is 32.9 Å². The van der Waals surface area contributed by atoms with Crippen LogP contribution in [0.1, 0.15) is 19.8 Å². The van der Waals surface area contributed by atoms with Gasteiger partial charge in [0.05, 0.1) is 28.0 Å². The molecule has 13 heteroatoms. The van der Waals surface area contributed by atoms with Gasteiger partial charge in [-0.1, -0.05) is 11.3 Å². The molecule has 1 fully saturated rings. The van der Waals surface area contributed by atoms with Crippen molar-refractivity contribution >= 4 is 49.1 Å². The largest absolute Gasteiger partial charge is 0.465 e. The summed E-state index contributed by atoms with van der Waals surface area (Å²) in [4.78, 5) is 39.6. The molecule has 1 aliphatic heterocycles. The van der Waals surface area contributed by atoms with Crippen molar-refractivity contribution in [3.63, 3.8) is 0 Å². The highest BCUT2D eigenvalue weighted by atomic mass is 32.2. The van der Waals surface area contributed by atoms with E-state index in [1.807, 2.05) is 0 Å². The Morgan fingerprint density at radius 2 is 2.13 bits per heavy atom. The fraction of sp³-hybridized carbons (Fsp3) is 0.471. The number of thiazole rings is 1. The van der Waals surface area contributed by atoms with E-state index in [2.05, 4.69) is 4.99 Å². The minimum absolute atomic E-state index is 0.135. The van der Waals surface area contributed by atoms with Crippen LogP contribution in [0.25, 0.3) is 10.2 Å². The molecule has 1 atom stereocenters. The SMILES string of the molecule is CCOC(=O)Cn1c(=NC(=O)C2CCCN2S(C)(=O)=O)sc2cc([N+](=O)[O-])ccc21. The molecule has 1 saturated heterocycles. The number of carbonyl (C=O) groups is 2. The molecule has 1 aliphatic rings. The van der Waals surface area contributed by atoms with Gasteiger partial charge >= 0.3 is 5.97 Å². The molecule has 1 aromatic heterocycles. The van der Waals surface area contributed by atoms with Crippen LogP contribution in [0.15, 0.2) is 23.2 Å². The van der Waals surface area contributed by atoms with E-state index in [-0.39, 0.29) is 30.2 Å². The highest BCUT2D eigenvalue weighted by Crippen LogP contribution is 2.24. The maximum absolute atomic E-state index is 12.8. The lowest BCUT2D eigenvalue weighted by Gasteiger charge is -2.18. The summed E-state index contributed by atoms with van der Waals surface area (Å²) in [5, 5.41) is 11.1. The third-order valence-electron chi connectivity index (χ3n) is 4.59. The van der Waals surface area contributed by atoms with Crippen LogP contribution in [-0.4, -0.2) is 59.5 Å². The van der Waals surface area contributed by atoms with E-state index in [0.29, 0.717) is 23.1 Å². The number of rotatable bonds is 6. The second-order valence-corrected chi connectivity index (χ2v) is 9.61. The van der Waals surface area contributed by atoms with Gasteiger partial charge in [0, 0.05) is 18.7 Å². The van der Waals surface area contributed by atoms with E-state index in [4.69, 9.17) is 4.74 Å². The number of carbonyl (C=O) groups excluding carboxylic acids is 2. The Morgan fingerprint density at radius 3 is 2.77 bits per heavy atom. The van der Waals surface area contributed by atoms with Gasteiger partial charge in [0.15, 0.2) is 4.80 Å². The summed E-state index contributed by atoms with van der Waals surface area (Å²) >= 11 is 1.01. The van der Waals surface area contributed by atoms with Crippen LogP contribution in [0.4, 0.5) is 5.69 Å². The number of non-ortho nitro benzene ring substituents is 1. The van der Waals surface area contributed by atoms with Crippen LogP contribution in [0.5, 0.6) is 0 Å². The first kappa shape index (κ1) is 22.1. The van der Waals surface area contributed by atoms with E-state index in [1.165, 1.54) is 22.8 Å². The van der Waals surface area contributed by atoms with E-state index >= 15 is 0 Å². The number of esters is 1. The monoisotopic (exact) mass is 456 g/mol. The summed E-state index contributed by atoms with van der Waals surface area (Å²) < 4.78 is 31.9. The second-order valence-electron chi connectivity index (χ2n) is 6.67. The third kappa shape index (κ3) is 4.57. The zero-order valence-electron chi connectivity index (χ0n) is 16.3.